The molecular formula is C10H11NO2S. The van der Waals surface area contributed by atoms with Gasteiger partial charge in [-0.15, -0.1) is 0 Å². The van der Waals surface area contributed by atoms with Crippen LogP contribution in [0.3, 0.4) is 0 Å². The minimum absolute atomic E-state index is 0.102. The Bertz CT molecular complexity index is 522. The van der Waals surface area contributed by atoms with E-state index < -0.39 is 10.0 Å². The van der Waals surface area contributed by atoms with Crippen molar-refractivity contribution in [3.05, 3.63) is 23.8 Å². The molecule has 0 saturated carbocycles. The Morgan fingerprint density at radius 1 is 1.43 bits per heavy atom. The van der Waals surface area contributed by atoms with E-state index in [1.54, 1.807) is 0 Å². The zero-order valence-corrected chi connectivity index (χ0v) is 8.93. The molecule has 2 bridgehead atoms. The maximum Gasteiger partial charge on any atom is 0.254 e. The van der Waals surface area contributed by atoms with Crippen LogP contribution in [0.4, 0.5) is 0 Å². The molecule has 74 valence electrons. The Hall–Kier alpha value is -0.900. The van der Waals surface area contributed by atoms with E-state index in [1.807, 2.05) is 18.2 Å². The van der Waals surface area contributed by atoms with Crippen LogP contribution in [0.15, 0.2) is 28.2 Å². The standard InChI is InChI=1S/C10H11NO2S/c1-9(2)7-3-4-10(9)6-14(12,13)11-8(10)5-7/h3-5H,6H2,1-2H3. The van der Waals surface area contributed by atoms with E-state index in [-0.39, 0.29) is 16.6 Å². The van der Waals surface area contributed by atoms with Crippen molar-refractivity contribution in [3.8, 4) is 0 Å². The molecule has 3 nitrogen and oxygen atoms in total. The summed E-state index contributed by atoms with van der Waals surface area (Å²) in [6, 6.07) is 0. The van der Waals surface area contributed by atoms with Crippen molar-refractivity contribution in [1.82, 2.24) is 0 Å². The number of hydrogen-bond acceptors (Lipinski definition) is 2. The van der Waals surface area contributed by atoms with Gasteiger partial charge in [-0.2, -0.15) is 4.40 Å². The maximum absolute atomic E-state index is 11.5. The molecule has 1 aliphatic heterocycles. The number of fused-ring (bicyclic) bond motifs is 1. The van der Waals surface area contributed by atoms with Crippen molar-refractivity contribution in [3.63, 3.8) is 0 Å². The summed E-state index contributed by atoms with van der Waals surface area (Å²) in [6.45, 7) is 4.17. The SMILES string of the molecule is CC1(C)C2=CC3=NS(=O)(=O)CC31C=C2. The van der Waals surface area contributed by atoms with E-state index >= 15 is 0 Å². The molecule has 0 aromatic rings. The van der Waals surface area contributed by atoms with Crippen molar-refractivity contribution in [2.75, 3.05) is 5.75 Å². The third-order valence-electron chi connectivity index (χ3n) is 3.78. The molecule has 2 aliphatic carbocycles. The molecule has 0 fully saturated rings. The molecule has 4 heteroatoms. The van der Waals surface area contributed by atoms with Gasteiger partial charge < -0.3 is 0 Å². The third-order valence-corrected chi connectivity index (χ3v) is 5.08. The first-order valence-electron chi connectivity index (χ1n) is 4.62. The van der Waals surface area contributed by atoms with Crippen molar-refractivity contribution in [2.45, 2.75) is 13.8 Å². The number of sulfonamides is 1. The Morgan fingerprint density at radius 2 is 2.14 bits per heavy atom. The number of hydrogen-bond donors (Lipinski definition) is 0. The van der Waals surface area contributed by atoms with Gasteiger partial charge in [-0.1, -0.05) is 26.0 Å². The highest BCUT2D eigenvalue weighted by atomic mass is 32.2. The van der Waals surface area contributed by atoms with Gasteiger partial charge in [0.25, 0.3) is 10.0 Å². The first-order valence-corrected chi connectivity index (χ1v) is 6.23. The lowest BCUT2D eigenvalue weighted by Crippen LogP contribution is -2.37. The van der Waals surface area contributed by atoms with Crippen LogP contribution < -0.4 is 0 Å². The van der Waals surface area contributed by atoms with Crippen LogP contribution >= 0.6 is 0 Å². The lowest BCUT2D eigenvalue weighted by atomic mass is 9.69. The summed E-state index contributed by atoms with van der Waals surface area (Å²) in [7, 11) is -3.23. The highest BCUT2D eigenvalue weighted by Gasteiger charge is 2.60. The van der Waals surface area contributed by atoms with Gasteiger partial charge in [-0.05, 0) is 11.6 Å². The fourth-order valence-corrected chi connectivity index (χ4v) is 4.46. The maximum atomic E-state index is 11.5. The van der Waals surface area contributed by atoms with Crippen molar-refractivity contribution in [2.24, 2.45) is 15.2 Å². The lowest BCUT2D eigenvalue weighted by Gasteiger charge is -2.32. The highest BCUT2D eigenvalue weighted by Crippen LogP contribution is 2.59. The number of allylic oxidation sites excluding steroid dienone is 4. The third kappa shape index (κ3) is 0.670. The van der Waals surface area contributed by atoms with Gasteiger partial charge in [0.2, 0.25) is 0 Å². The molecule has 1 unspecified atom stereocenters. The Balaban J connectivity index is 2.33. The van der Waals surface area contributed by atoms with Crippen LogP contribution in [-0.4, -0.2) is 19.9 Å². The lowest BCUT2D eigenvalue weighted by molar-refractivity contribution is 0.320. The van der Waals surface area contributed by atoms with Gasteiger partial charge in [0, 0.05) is 5.41 Å². The van der Waals surface area contributed by atoms with Gasteiger partial charge in [0.1, 0.15) is 0 Å². The minimum Gasteiger partial charge on any atom is -0.205 e. The van der Waals surface area contributed by atoms with Crippen LogP contribution in [0, 0.1) is 10.8 Å². The molecule has 3 rings (SSSR count). The average Bonchev–Trinajstić information content (AvgIpc) is 2.50. The average molecular weight is 209 g/mol. The van der Waals surface area contributed by atoms with Gasteiger partial charge in [0.05, 0.1) is 16.9 Å². The van der Waals surface area contributed by atoms with Gasteiger partial charge in [0.15, 0.2) is 0 Å². The summed E-state index contributed by atoms with van der Waals surface area (Å²) >= 11 is 0. The number of rotatable bonds is 0. The normalized spacial score (nSPS) is 39.6. The minimum atomic E-state index is -3.23. The number of nitrogens with zero attached hydrogens (tertiary/aromatic N) is 1. The molecule has 1 atom stereocenters. The van der Waals surface area contributed by atoms with Crippen molar-refractivity contribution < 1.29 is 8.42 Å². The quantitative estimate of drug-likeness (QED) is 0.603. The highest BCUT2D eigenvalue weighted by molar-refractivity contribution is 7.90. The van der Waals surface area contributed by atoms with Crippen LogP contribution in [-0.2, 0) is 10.0 Å². The van der Waals surface area contributed by atoms with Gasteiger partial charge in [-0.25, -0.2) is 8.42 Å². The molecule has 14 heavy (non-hydrogen) atoms. The van der Waals surface area contributed by atoms with Gasteiger partial charge in [-0.3, -0.25) is 0 Å². The van der Waals surface area contributed by atoms with E-state index in [9.17, 15) is 8.42 Å². The molecule has 0 N–H and O–H groups in total. The van der Waals surface area contributed by atoms with Gasteiger partial charge >= 0.3 is 0 Å². The first-order chi connectivity index (χ1) is 6.37. The zero-order chi connectivity index (χ0) is 10.2. The van der Waals surface area contributed by atoms with E-state index in [0.29, 0.717) is 0 Å². The second-order valence-corrected chi connectivity index (χ2v) is 6.37. The Morgan fingerprint density at radius 3 is 2.71 bits per heavy atom. The van der Waals surface area contributed by atoms with E-state index in [2.05, 4.69) is 18.2 Å². The molecular weight excluding hydrogens is 198 g/mol. The monoisotopic (exact) mass is 209 g/mol. The summed E-state index contributed by atoms with van der Waals surface area (Å²) in [5.74, 6) is 0.138. The van der Waals surface area contributed by atoms with Crippen LogP contribution in [0.1, 0.15) is 13.8 Å². The fourth-order valence-electron chi connectivity index (χ4n) is 2.70. The summed E-state index contributed by atoms with van der Waals surface area (Å²) < 4.78 is 26.7. The molecule has 0 amide bonds. The second-order valence-electron chi connectivity index (χ2n) is 4.73. The predicted octanol–water partition coefficient (Wildman–Crippen LogP) is 1.29. The predicted molar refractivity (Wildman–Crippen MR) is 54.7 cm³/mol. The molecule has 0 saturated heterocycles. The molecule has 3 aliphatic rings. The summed E-state index contributed by atoms with van der Waals surface area (Å²) in [6.07, 6.45) is 5.95. The van der Waals surface area contributed by atoms with Crippen molar-refractivity contribution in [1.29, 1.82) is 0 Å². The van der Waals surface area contributed by atoms with Crippen LogP contribution in [0.25, 0.3) is 0 Å². The van der Waals surface area contributed by atoms with Crippen molar-refractivity contribution >= 4 is 15.7 Å². The largest absolute Gasteiger partial charge is 0.254 e. The summed E-state index contributed by atoms with van der Waals surface area (Å²) in [5, 5.41) is 0. The molecule has 0 radical (unpaired) electrons. The second kappa shape index (κ2) is 1.89. The summed E-state index contributed by atoms with van der Waals surface area (Å²) in [4.78, 5) is 0. The molecule has 0 aromatic carbocycles. The Labute approximate surface area is 83.3 Å². The van der Waals surface area contributed by atoms with E-state index in [1.165, 1.54) is 5.57 Å². The zero-order valence-electron chi connectivity index (χ0n) is 8.11. The van der Waals surface area contributed by atoms with E-state index in [0.717, 1.165) is 5.71 Å². The van der Waals surface area contributed by atoms with E-state index in [4.69, 9.17) is 0 Å². The molecule has 0 aromatic heterocycles. The van der Waals surface area contributed by atoms with Crippen LogP contribution in [0.2, 0.25) is 0 Å². The first kappa shape index (κ1) is 8.41. The smallest absolute Gasteiger partial charge is 0.205 e. The molecule has 1 heterocycles. The topological polar surface area (TPSA) is 46.5 Å². The summed E-state index contributed by atoms with van der Waals surface area (Å²) in [5.41, 5.74) is 1.47. The fraction of sp³-hybridized carbons (Fsp3) is 0.500. The Kier molecular flexibility index (Phi) is 1.13. The molecule has 1 spiro atoms. The van der Waals surface area contributed by atoms with Crippen LogP contribution in [0.5, 0.6) is 0 Å².